The lowest BCUT2D eigenvalue weighted by molar-refractivity contribution is -0.123. The molecule has 6 nitrogen and oxygen atoms in total. The number of likely N-dealkylation sites (tertiary alicyclic amines) is 1. The maximum absolute atomic E-state index is 12.2. The monoisotopic (exact) mass is 328 g/mol. The number of methoxy groups -OCH3 is 1. The quantitative estimate of drug-likeness (QED) is 0.912. The molecule has 0 bridgehead atoms. The highest BCUT2D eigenvalue weighted by molar-refractivity contribution is 5.81. The standard InChI is InChI=1S/C18H24N4O2/c1-12-15(18(24-3)21(2)20-12)14-10-7-11-22(14)16(17(19)23)13-8-5-4-6-9-13/h4-6,8-9,14,16H,7,10-11H2,1-3H3,(H2,19,23)/t14-,16+/m1/s1. The smallest absolute Gasteiger partial charge is 0.239 e. The molecule has 0 unspecified atom stereocenters. The van der Waals surface area contributed by atoms with Crippen LogP contribution in [0.5, 0.6) is 5.88 Å². The normalized spacial score (nSPS) is 19.4. The molecule has 1 saturated heterocycles. The van der Waals surface area contributed by atoms with Crippen LogP contribution in [0.1, 0.15) is 41.7 Å². The lowest BCUT2D eigenvalue weighted by atomic mass is 10.00. The summed E-state index contributed by atoms with van der Waals surface area (Å²) in [6.07, 6.45) is 1.97. The first-order valence-corrected chi connectivity index (χ1v) is 8.22. The molecule has 1 amide bonds. The minimum Gasteiger partial charge on any atom is -0.481 e. The highest BCUT2D eigenvalue weighted by Gasteiger charge is 2.38. The van der Waals surface area contributed by atoms with Crippen LogP contribution < -0.4 is 10.5 Å². The van der Waals surface area contributed by atoms with E-state index in [2.05, 4.69) is 10.00 Å². The van der Waals surface area contributed by atoms with Gasteiger partial charge < -0.3 is 10.5 Å². The van der Waals surface area contributed by atoms with Crippen molar-refractivity contribution in [2.75, 3.05) is 13.7 Å². The second kappa shape index (κ2) is 6.65. The molecule has 2 heterocycles. The van der Waals surface area contributed by atoms with Crippen molar-refractivity contribution in [1.82, 2.24) is 14.7 Å². The Morgan fingerprint density at radius 3 is 2.71 bits per heavy atom. The van der Waals surface area contributed by atoms with E-state index >= 15 is 0 Å². The molecule has 0 spiro atoms. The number of benzene rings is 1. The first kappa shape index (κ1) is 16.5. The lowest BCUT2D eigenvalue weighted by Gasteiger charge is -2.31. The fourth-order valence-electron chi connectivity index (χ4n) is 3.84. The van der Waals surface area contributed by atoms with Crippen molar-refractivity contribution >= 4 is 5.91 Å². The molecule has 2 aromatic rings. The highest BCUT2D eigenvalue weighted by atomic mass is 16.5. The van der Waals surface area contributed by atoms with Gasteiger partial charge in [-0.25, -0.2) is 4.68 Å². The summed E-state index contributed by atoms with van der Waals surface area (Å²) in [4.78, 5) is 14.4. The Morgan fingerprint density at radius 2 is 2.08 bits per heavy atom. The Bertz CT molecular complexity index is 726. The van der Waals surface area contributed by atoms with Gasteiger partial charge in [0.15, 0.2) is 0 Å². The Kier molecular flexibility index (Phi) is 4.57. The zero-order valence-corrected chi connectivity index (χ0v) is 14.4. The van der Waals surface area contributed by atoms with Crippen LogP contribution in [0.3, 0.4) is 0 Å². The van der Waals surface area contributed by atoms with Crippen molar-refractivity contribution in [2.45, 2.75) is 31.8 Å². The Balaban J connectivity index is 2.02. The van der Waals surface area contributed by atoms with Crippen LogP contribution >= 0.6 is 0 Å². The predicted octanol–water partition coefficient (Wildman–Crippen LogP) is 2.10. The van der Waals surface area contributed by atoms with Crippen LogP contribution in [0.15, 0.2) is 30.3 Å². The molecule has 0 radical (unpaired) electrons. The van der Waals surface area contributed by atoms with Gasteiger partial charge in [-0.1, -0.05) is 30.3 Å². The van der Waals surface area contributed by atoms with Crippen molar-refractivity contribution in [3.8, 4) is 5.88 Å². The number of aryl methyl sites for hydroxylation is 2. The molecular weight excluding hydrogens is 304 g/mol. The number of primary amides is 1. The van der Waals surface area contributed by atoms with E-state index in [9.17, 15) is 4.79 Å². The summed E-state index contributed by atoms with van der Waals surface area (Å²) >= 11 is 0. The molecule has 128 valence electrons. The number of aromatic nitrogens is 2. The average molecular weight is 328 g/mol. The summed E-state index contributed by atoms with van der Waals surface area (Å²) in [5.74, 6) is 0.425. The van der Waals surface area contributed by atoms with Crippen molar-refractivity contribution in [3.63, 3.8) is 0 Å². The topological polar surface area (TPSA) is 73.4 Å². The number of carbonyl (C=O) groups excluding carboxylic acids is 1. The molecule has 3 rings (SSSR count). The molecule has 1 aliphatic rings. The fourth-order valence-corrected chi connectivity index (χ4v) is 3.84. The van der Waals surface area contributed by atoms with Gasteiger partial charge in [0.05, 0.1) is 18.4 Å². The third-order valence-electron chi connectivity index (χ3n) is 4.75. The molecule has 24 heavy (non-hydrogen) atoms. The molecule has 1 fully saturated rings. The maximum Gasteiger partial charge on any atom is 0.239 e. The van der Waals surface area contributed by atoms with Crippen LogP contribution in [-0.4, -0.2) is 34.2 Å². The van der Waals surface area contributed by atoms with Crippen LogP contribution in [0, 0.1) is 6.92 Å². The van der Waals surface area contributed by atoms with Crippen LogP contribution in [-0.2, 0) is 11.8 Å². The van der Waals surface area contributed by atoms with Gasteiger partial charge in [-0.05, 0) is 31.9 Å². The van der Waals surface area contributed by atoms with Gasteiger partial charge in [-0.3, -0.25) is 9.69 Å². The lowest BCUT2D eigenvalue weighted by Crippen LogP contribution is -2.37. The van der Waals surface area contributed by atoms with Crippen LogP contribution in [0.25, 0.3) is 0 Å². The molecule has 2 N–H and O–H groups in total. The van der Waals surface area contributed by atoms with Crippen molar-refractivity contribution < 1.29 is 9.53 Å². The Morgan fingerprint density at radius 1 is 1.38 bits per heavy atom. The van der Waals surface area contributed by atoms with Gasteiger partial charge in [0.1, 0.15) is 6.04 Å². The van der Waals surface area contributed by atoms with E-state index in [1.807, 2.05) is 44.3 Å². The number of hydrogen-bond acceptors (Lipinski definition) is 4. The molecule has 2 atom stereocenters. The predicted molar refractivity (Wildman–Crippen MR) is 91.6 cm³/mol. The summed E-state index contributed by atoms with van der Waals surface area (Å²) in [6, 6.07) is 9.36. The van der Waals surface area contributed by atoms with Gasteiger partial charge in [0.25, 0.3) is 0 Å². The van der Waals surface area contributed by atoms with Crippen molar-refractivity contribution in [3.05, 3.63) is 47.2 Å². The van der Waals surface area contributed by atoms with E-state index in [1.165, 1.54) is 0 Å². The summed E-state index contributed by atoms with van der Waals surface area (Å²) in [5.41, 5.74) is 8.69. The zero-order valence-electron chi connectivity index (χ0n) is 14.4. The third-order valence-corrected chi connectivity index (χ3v) is 4.75. The van der Waals surface area contributed by atoms with Gasteiger partial charge in [-0.2, -0.15) is 5.10 Å². The summed E-state index contributed by atoms with van der Waals surface area (Å²) in [5, 5.41) is 4.49. The van der Waals surface area contributed by atoms with Crippen molar-refractivity contribution in [2.24, 2.45) is 12.8 Å². The van der Waals surface area contributed by atoms with Gasteiger partial charge in [0.2, 0.25) is 11.8 Å². The molecule has 0 saturated carbocycles. The van der Waals surface area contributed by atoms with E-state index in [4.69, 9.17) is 10.5 Å². The Hall–Kier alpha value is -2.34. The van der Waals surface area contributed by atoms with E-state index in [0.717, 1.165) is 42.1 Å². The number of hydrogen-bond donors (Lipinski definition) is 1. The average Bonchev–Trinajstić information content (AvgIpc) is 3.11. The molecule has 0 aliphatic carbocycles. The van der Waals surface area contributed by atoms with Gasteiger partial charge in [0, 0.05) is 13.1 Å². The fraction of sp³-hybridized carbons (Fsp3) is 0.444. The minimum atomic E-state index is -0.442. The second-order valence-corrected chi connectivity index (χ2v) is 6.24. The molecule has 1 aromatic heterocycles. The number of carbonyl (C=O) groups is 1. The van der Waals surface area contributed by atoms with Crippen LogP contribution in [0.4, 0.5) is 0 Å². The van der Waals surface area contributed by atoms with Gasteiger partial charge >= 0.3 is 0 Å². The largest absolute Gasteiger partial charge is 0.481 e. The first-order valence-electron chi connectivity index (χ1n) is 8.22. The number of nitrogens with zero attached hydrogens (tertiary/aromatic N) is 3. The van der Waals surface area contributed by atoms with E-state index < -0.39 is 6.04 Å². The SMILES string of the molecule is COc1c([C@H]2CCCN2[C@H](C(N)=O)c2ccccc2)c(C)nn1C. The van der Waals surface area contributed by atoms with Crippen molar-refractivity contribution in [1.29, 1.82) is 0 Å². The van der Waals surface area contributed by atoms with E-state index in [1.54, 1.807) is 11.8 Å². The number of ether oxygens (including phenoxy) is 1. The first-order chi connectivity index (χ1) is 11.5. The third kappa shape index (κ3) is 2.78. The highest BCUT2D eigenvalue weighted by Crippen LogP contribution is 2.43. The zero-order chi connectivity index (χ0) is 17.3. The number of amides is 1. The van der Waals surface area contributed by atoms with Crippen LogP contribution in [0.2, 0.25) is 0 Å². The molecule has 1 aromatic carbocycles. The molecule has 6 heteroatoms. The van der Waals surface area contributed by atoms with E-state index in [-0.39, 0.29) is 11.9 Å². The maximum atomic E-state index is 12.2. The molecular formula is C18H24N4O2. The minimum absolute atomic E-state index is 0.0753. The Labute approximate surface area is 142 Å². The summed E-state index contributed by atoms with van der Waals surface area (Å²) < 4.78 is 7.31. The number of rotatable bonds is 5. The summed E-state index contributed by atoms with van der Waals surface area (Å²) in [7, 11) is 3.53. The van der Waals surface area contributed by atoms with Gasteiger partial charge in [-0.15, -0.1) is 0 Å². The summed E-state index contributed by atoms with van der Waals surface area (Å²) in [6.45, 7) is 2.81. The second-order valence-electron chi connectivity index (χ2n) is 6.24. The van der Waals surface area contributed by atoms with E-state index in [0.29, 0.717) is 0 Å². The number of nitrogens with two attached hydrogens (primary N) is 1. The molecule has 1 aliphatic heterocycles.